The Labute approximate surface area is 177 Å². The molecule has 1 fully saturated rings. The van der Waals surface area contributed by atoms with Gasteiger partial charge in [-0.15, -0.1) is 0 Å². The number of hydrogen-bond acceptors (Lipinski definition) is 4. The molecular formula is C20H28Cl2N4O2. The fourth-order valence-electron chi connectivity index (χ4n) is 3.12. The molecule has 1 amide bonds. The maximum absolute atomic E-state index is 12.6. The van der Waals surface area contributed by atoms with E-state index >= 15 is 0 Å². The van der Waals surface area contributed by atoms with Crippen LogP contribution in [-0.2, 0) is 11.3 Å². The number of anilines is 1. The first-order chi connectivity index (χ1) is 13.4. The molecule has 1 aliphatic rings. The molecule has 2 aromatic rings. The summed E-state index contributed by atoms with van der Waals surface area (Å²) in [4.78, 5) is 16.7. The number of amides is 1. The maximum Gasteiger partial charge on any atom is 0.244 e. The standard InChI is InChI=1S/C18H22Cl2N4O2.C2H6/c1-12-18(20)13(2)24(21-12)11-17(25)23-8-6-22(7-9-23)14-4-5-15(19)16(10-14)26-3;1-2/h4-5,10H,6-9,11H2,1-3H3;1-2H3. The van der Waals surface area contributed by atoms with E-state index in [4.69, 9.17) is 27.9 Å². The molecule has 2 heterocycles. The smallest absolute Gasteiger partial charge is 0.244 e. The molecule has 0 bridgehead atoms. The van der Waals surface area contributed by atoms with Crippen molar-refractivity contribution in [2.45, 2.75) is 34.2 Å². The third-order valence-electron chi connectivity index (χ3n) is 4.71. The normalized spacial score (nSPS) is 13.8. The minimum Gasteiger partial charge on any atom is -0.495 e. The molecule has 0 spiro atoms. The highest BCUT2D eigenvalue weighted by Crippen LogP contribution is 2.29. The van der Waals surface area contributed by atoms with E-state index in [1.165, 1.54) is 0 Å². The molecule has 28 heavy (non-hydrogen) atoms. The Morgan fingerprint density at radius 2 is 1.79 bits per heavy atom. The number of methoxy groups -OCH3 is 1. The van der Waals surface area contributed by atoms with Crippen LogP contribution in [-0.4, -0.2) is 53.9 Å². The molecule has 8 heteroatoms. The zero-order valence-electron chi connectivity index (χ0n) is 17.1. The quantitative estimate of drug-likeness (QED) is 0.734. The van der Waals surface area contributed by atoms with Crippen LogP contribution in [0.3, 0.4) is 0 Å². The van der Waals surface area contributed by atoms with Crippen molar-refractivity contribution in [2.24, 2.45) is 0 Å². The minimum absolute atomic E-state index is 0.0561. The van der Waals surface area contributed by atoms with Gasteiger partial charge in [0.15, 0.2) is 0 Å². The first kappa shape index (κ1) is 22.4. The van der Waals surface area contributed by atoms with Gasteiger partial charge in [-0.25, -0.2) is 0 Å². The Balaban J connectivity index is 0.00000136. The molecule has 6 nitrogen and oxygen atoms in total. The lowest BCUT2D eigenvalue weighted by Crippen LogP contribution is -2.49. The van der Waals surface area contributed by atoms with Crippen molar-refractivity contribution in [2.75, 3.05) is 38.2 Å². The van der Waals surface area contributed by atoms with Gasteiger partial charge in [0.2, 0.25) is 5.91 Å². The number of nitrogens with zero attached hydrogens (tertiary/aromatic N) is 4. The summed E-state index contributed by atoms with van der Waals surface area (Å²) in [6, 6.07) is 5.73. The molecule has 0 aliphatic carbocycles. The van der Waals surface area contributed by atoms with Gasteiger partial charge < -0.3 is 14.5 Å². The molecule has 154 valence electrons. The lowest BCUT2D eigenvalue weighted by Gasteiger charge is -2.36. The molecule has 1 saturated heterocycles. The number of benzene rings is 1. The highest BCUT2D eigenvalue weighted by molar-refractivity contribution is 6.32. The summed E-state index contributed by atoms with van der Waals surface area (Å²) >= 11 is 12.2. The number of carbonyl (C=O) groups is 1. The van der Waals surface area contributed by atoms with E-state index < -0.39 is 0 Å². The average molecular weight is 427 g/mol. The van der Waals surface area contributed by atoms with Crippen molar-refractivity contribution >= 4 is 34.8 Å². The lowest BCUT2D eigenvalue weighted by molar-refractivity contribution is -0.132. The van der Waals surface area contributed by atoms with Crippen LogP contribution in [0.15, 0.2) is 18.2 Å². The van der Waals surface area contributed by atoms with E-state index in [2.05, 4.69) is 10.00 Å². The van der Waals surface area contributed by atoms with E-state index in [-0.39, 0.29) is 12.5 Å². The van der Waals surface area contributed by atoms with Crippen LogP contribution in [0.4, 0.5) is 5.69 Å². The van der Waals surface area contributed by atoms with Crippen LogP contribution in [0.2, 0.25) is 10.0 Å². The van der Waals surface area contributed by atoms with Crippen molar-refractivity contribution < 1.29 is 9.53 Å². The first-order valence-corrected chi connectivity index (χ1v) is 10.2. The van der Waals surface area contributed by atoms with E-state index in [1.54, 1.807) is 11.8 Å². The van der Waals surface area contributed by atoms with Crippen molar-refractivity contribution in [3.05, 3.63) is 39.6 Å². The van der Waals surface area contributed by atoms with Crippen LogP contribution in [0.1, 0.15) is 25.2 Å². The zero-order valence-corrected chi connectivity index (χ0v) is 18.6. The second-order valence-electron chi connectivity index (χ2n) is 6.33. The molecule has 3 rings (SSSR count). The number of ether oxygens (including phenoxy) is 1. The second-order valence-corrected chi connectivity index (χ2v) is 7.11. The van der Waals surface area contributed by atoms with E-state index in [1.807, 2.05) is 50.8 Å². The van der Waals surface area contributed by atoms with Crippen LogP contribution in [0.25, 0.3) is 0 Å². The number of hydrogen-bond donors (Lipinski definition) is 0. The highest BCUT2D eigenvalue weighted by Gasteiger charge is 2.23. The predicted molar refractivity (Wildman–Crippen MR) is 115 cm³/mol. The van der Waals surface area contributed by atoms with Crippen molar-refractivity contribution in [1.29, 1.82) is 0 Å². The highest BCUT2D eigenvalue weighted by atomic mass is 35.5. The molecule has 1 aromatic carbocycles. The summed E-state index contributed by atoms with van der Waals surface area (Å²) in [5.74, 6) is 0.713. The van der Waals surface area contributed by atoms with Gasteiger partial charge in [0, 0.05) is 37.9 Å². The van der Waals surface area contributed by atoms with Gasteiger partial charge in [0.25, 0.3) is 0 Å². The van der Waals surface area contributed by atoms with Gasteiger partial charge in [0.1, 0.15) is 12.3 Å². The van der Waals surface area contributed by atoms with Gasteiger partial charge in [0.05, 0.1) is 28.5 Å². The molecule has 0 atom stereocenters. The Hall–Kier alpha value is -1.92. The van der Waals surface area contributed by atoms with Crippen LogP contribution in [0, 0.1) is 13.8 Å². The fourth-order valence-corrected chi connectivity index (χ4v) is 3.45. The number of piperazine rings is 1. The van der Waals surface area contributed by atoms with Crippen molar-refractivity contribution in [3.63, 3.8) is 0 Å². The van der Waals surface area contributed by atoms with Crippen LogP contribution >= 0.6 is 23.2 Å². The number of aryl methyl sites for hydroxylation is 1. The molecule has 1 aliphatic heterocycles. The average Bonchev–Trinajstić information content (AvgIpc) is 2.96. The summed E-state index contributed by atoms with van der Waals surface area (Å²) in [5, 5.41) is 5.55. The molecule has 0 N–H and O–H groups in total. The topological polar surface area (TPSA) is 50.6 Å². The van der Waals surface area contributed by atoms with E-state index in [9.17, 15) is 4.79 Å². The summed E-state index contributed by atoms with van der Waals surface area (Å²) in [7, 11) is 1.60. The number of halogens is 2. The van der Waals surface area contributed by atoms with Crippen molar-refractivity contribution in [1.82, 2.24) is 14.7 Å². The molecule has 0 radical (unpaired) electrons. The van der Waals surface area contributed by atoms with Gasteiger partial charge in [-0.05, 0) is 26.0 Å². The number of carbonyl (C=O) groups excluding carboxylic acids is 1. The minimum atomic E-state index is 0.0561. The molecule has 1 aromatic heterocycles. The molecule has 0 saturated carbocycles. The van der Waals surface area contributed by atoms with Crippen LogP contribution < -0.4 is 9.64 Å². The Morgan fingerprint density at radius 1 is 1.14 bits per heavy atom. The zero-order chi connectivity index (χ0) is 20.8. The van der Waals surface area contributed by atoms with Crippen LogP contribution in [0.5, 0.6) is 5.75 Å². The Morgan fingerprint density at radius 3 is 2.32 bits per heavy atom. The SMILES string of the molecule is CC.COc1cc(N2CCN(C(=O)Cn3nc(C)c(Cl)c3C)CC2)ccc1Cl. The summed E-state index contributed by atoms with van der Waals surface area (Å²) < 4.78 is 6.96. The van der Waals surface area contributed by atoms with Gasteiger partial charge in [-0.1, -0.05) is 37.0 Å². The summed E-state index contributed by atoms with van der Waals surface area (Å²) in [5.41, 5.74) is 2.62. The number of rotatable bonds is 4. The Kier molecular flexibility index (Phi) is 8.01. The largest absolute Gasteiger partial charge is 0.495 e. The second kappa shape index (κ2) is 10.0. The fraction of sp³-hybridized carbons (Fsp3) is 0.500. The predicted octanol–water partition coefficient (Wildman–Crippen LogP) is 4.19. The molecular weight excluding hydrogens is 399 g/mol. The monoisotopic (exact) mass is 426 g/mol. The van der Waals surface area contributed by atoms with E-state index in [0.29, 0.717) is 28.9 Å². The van der Waals surface area contributed by atoms with E-state index in [0.717, 1.165) is 30.2 Å². The lowest BCUT2D eigenvalue weighted by atomic mass is 10.2. The summed E-state index contributed by atoms with van der Waals surface area (Å²) in [6.45, 7) is 10.8. The first-order valence-electron chi connectivity index (χ1n) is 9.46. The maximum atomic E-state index is 12.6. The summed E-state index contributed by atoms with van der Waals surface area (Å²) in [6.07, 6.45) is 0. The third kappa shape index (κ3) is 4.92. The van der Waals surface area contributed by atoms with Crippen molar-refractivity contribution in [3.8, 4) is 5.75 Å². The number of aromatic nitrogens is 2. The van der Waals surface area contributed by atoms with Gasteiger partial charge >= 0.3 is 0 Å². The molecule has 0 unspecified atom stereocenters. The third-order valence-corrected chi connectivity index (χ3v) is 5.57. The Bertz CT molecular complexity index is 815. The van der Waals surface area contributed by atoms with Gasteiger partial charge in [-0.2, -0.15) is 5.10 Å². The van der Waals surface area contributed by atoms with Gasteiger partial charge in [-0.3, -0.25) is 9.48 Å².